The standard InChI is InChI=1S/C11H17BrO3S/c1-8(10(13)7-12)6-9(2)11(14)15-4-3-5-16/h8-10,13,16H,4,6-7H2,1-2H3/t8?,9?,10-/m0/s1. The normalized spacial score (nSPS) is 15.6. The van der Waals surface area contributed by atoms with Gasteiger partial charge in [0.1, 0.15) is 0 Å². The highest BCUT2D eigenvalue weighted by Crippen LogP contribution is 2.17. The van der Waals surface area contributed by atoms with Crippen LogP contribution in [0.4, 0.5) is 0 Å². The van der Waals surface area contributed by atoms with Crippen molar-refractivity contribution in [1.29, 1.82) is 0 Å². The molecular weight excluding hydrogens is 292 g/mol. The Labute approximate surface area is 110 Å². The van der Waals surface area contributed by atoms with Gasteiger partial charge in [0, 0.05) is 5.33 Å². The van der Waals surface area contributed by atoms with E-state index in [4.69, 9.17) is 4.74 Å². The van der Waals surface area contributed by atoms with Gasteiger partial charge < -0.3 is 9.84 Å². The quantitative estimate of drug-likeness (QED) is 0.341. The number of carbonyl (C=O) groups is 1. The number of rotatable bonds is 6. The molecule has 3 nitrogen and oxygen atoms in total. The fourth-order valence-electron chi connectivity index (χ4n) is 1.24. The smallest absolute Gasteiger partial charge is 0.309 e. The van der Waals surface area contributed by atoms with Crippen molar-refractivity contribution < 1.29 is 14.6 Å². The van der Waals surface area contributed by atoms with Gasteiger partial charge in [-0.25, -0.2) is 0 Å². The second kappa shape index (κ2) is 8.91. The predicted molar refractivity (Wildman–Crippen MR) is 70.5 cm³/mol. The Balaban J connectivity index is 3.98. The van der Waals surface area contributed by atoms with Gasteiger partial charge in [0.05, 0.1) is 12.0 Å². The summed E-state index contributed by atoms with van der Waals surface area (Å²) in [5.74, 6) is 2.07. The third kappa shape index (κ3) is 6.41. The first-order valence-corrected chi connectivity index (χ1v) is 6.62. The minimum atomic E-state index is -0.438. The molecule has 0 bridgehead atoms. The Hall–Kier alpha value is -0.180. The molecule has 2 unspecified atom stereocenters. The number of ether oxygens (including phenoxy) is 1. The van der Waals surface area contributed by atoms with Crippen LogP contribution in [0.15, 0.2) is 0 Å². The summed E-state index contributed by atoms with van der Waals surface area (Å²) in [7, 11) is 0. The number of hydrogen-bond donors (Lipinski definition) is 2. The second-order valence-electron chi connectivity index (χ2n) is 3.73. The van der Waals surface area contributed by atoms with E-state index in [9.17, 15) is 9.90 Å². The largest absolute Gasteiger partial charge is 0.452 e. The predicted octanol–water partition coefficient (Wildman–Crippen LogP) is 1.84. The van der Waals surface area contributed by atoms with E-state index in [1.54, 1.807) is 6.92 Å². The molecule has 0 radical (unpaired) electrons. The number of halogens is 1. The highest BCUT2D eigenvalue weighted by molar-refractivity contribution is 9.09. The van der Waals surface area contributed by atoms with Gasteiger partial charge in [0.15, 0.2) is 6.61 Å². The van der Waals surface area contributed by atoms with E-state index in [0.29, 0.717) is 11.8 Å². The van der Waals surface area contributed by atoms with Crippen LogP contribution in [0.25, 0.3) is 0 Å². The summed E-state index contributed by atoms with van der Waals surface area (Å²) in [6.45, 7) is 3.76. The first-order chi connectivity index (χ1) is 7.52. The molecule has 0 saturated heterocycles. The van der Waals surface area contributed by atoms with Gasteiger partial charge in [-0.05, 0) is 17.6 Å². The molecule has 0 aliphatic carbocycles. The molecule has 0 aromatic heterocycles. The van der Waals surface area contributed by atoms with Gasteiger partial charge >= 0.3 is 5.97 Å². The van der Waals surface area contributed by atoms with E-state index in [1.165, 1.54) is 0 Å². The molecule has 92 valence electrons. The number of carbonyl (C=O) groups excluding carboxylic acids is 1. The average Bonchev–Trinajstić information content (AvgIpc) is 2.27. The van der Waals surface area contributed by atoms with E-state index in [2.05, 4.69) is 39.7 Å². The van der Waals surface area contributed by atoms with E-state index in [-0.39, 0.29) is 24.4 Å². The number of thiol groups is 1. The van der Waals surface area contributed by atoms with Crippen molar-refractivity contribution in [3.8, 4) is 11.2 Å². The van der Waals surface area contributed by atoms with Crippen LogP contribution in [0, 0.1) is 23.0 Å². The number of alkyl halides is 1. The molecule has 5 heteroatoms. The van der Waals surface area contributed by atoms with Crippen LogP contribution in [0.2, 0.25) is 0 Å². The lowest BCUT2D eigenvalue weighted by atomic mass is 9.94. The fourth-order valence-corrected chi connectivity index (χ4v) is 1.95. The third-order valence-electron chi connectivity index (χ3n) is 2.31. The molecule has 0 aromatic carbocycles. The van der Waals surface area contributed by atoms with Gasteiger partial charge in [0.2, 0.25) is 0 Å². The van der Waals surface area contributed by atoms with Crippen molar-refractivity contribution in [2.75, 3.05) is 11.9 Å². The molecule has 0 rings (SSSR count). The molecule has 0 amide bonds. The fraction of sp³-hybridized carbons (Fsp3) is 0.727. The van der Waals surface area contributed by atoms with Crippen molar-refractivity contribution in [2.45, 2.75) is 26.4 Å². The topological polar surface area (TPSA) is 46.5 Å². The Bertz CT molecular complexity index is 272. The molecule has 0 aliphatic heterocycles. The summed E-state index contributed by atoms with van der Waals surface area (Å²) >= 11 is 6.88. The van der Waals surface area contributed by atoms with Crippen LogP contribution in [0.5, 0.6) is 0 Å². The van der Waals surface area contributed by atoms with Gasteiger partial charge in [0.25, 0.3) is 0 Å². The van der Waals surface area contributed by atoms with Gasteiger partial charge in [-0.3, -0.25) is 4.79 Å². The number of aliphatic hydroxyl groups is 1. The van der Waals surface area contributed by atoms with Crippen molar-refractivity contribution in [1.82, 2.24) is 0 Å². The second-order valence-corrected chi connectivity index (χ2v) is 4.60. The summed E-state index contributed by atoms with van der Waals surface area (Å²) in [6, 6.07) is 0. The molecule has 16 heavy (non-hydrogen) atoms. The first-order valence-electron chi connectivity index (χ1n) is 5.05. The minimum Gasteiger partial charge on any atom is -0.452 e. The molecular formula is C11H17BrO3S. The monoisotopic (exact) mass is 308 g/mol. The van der Waals surface area contributed by atoms with Crippen LogP contribution in [-0.4, -0.2) is 29.1 Å². The van der Waals surface area contributed by atoms with Crippen LogP contribution in [0.3, 0.4) is 0 Å². The van der Waals surface area contributed by atoms with Crippen LogP contribution < -0.4 is 0 Å². The van der Waals surface area contributed by atoms with Crippen LogP contribution in [0.1, 0.15) is 20.3 Å². The zero-order valence-corrected chi connectivity index (χ0v) is 11.9. The molecule has 0 fully saturated rings. The van der Waals surface area contributed by atoms with E-state index in [0.717, 1.165) is 0 Å². The lowest BCUT2D eigenvalue weighted by Gasteiger charge is -2.19. The zero-order valence-electron chi connectivity index (χ0n) is 9.44. The SMILES string of the molecule is CC(CC(C)[C@@H](O)CBr)C(=O)OCC#CS. The first kappa shape index (κ1) is 15.8. The molecule has 0 heterocycles. The zero-order chi connectivity index (χ0) is 12.6. The Kier molecular flexibility index (Phi) is 8.81. The van der Waals surface area contributed by atoms with Gasteiger partial charge in [-0.2, -0.15) is 0 Å². The van der Waals surface area contributed by atoms with Gasteiger partial charge in [-0.1, -0.05) is 48.3 Å². The Morgan fingerprint density at radius 1 is 1.56 bits per heavy atom. The molecule has 0 saturated carbocycles. The lowest BCUT2D eigenvalue weighted by molar-refractivity contribution is -0.147. The summed E-state index contributed by atoms with van der Waals surface area (Å²) in [5.41, 5.74) is 0. The van der Waals surface area contributed by atoms with Crippen molar-refractivity contribution in [2.24, 2.45) is 11.8 Å². The average molecular weight is 309 g/mol. The summed E-state index contributed by atoms with van der Waals surface area (Å²) in [4.78, 5) is 11.5. The maximum atomic E-state index is 11.5. The maximum absolute atomic E-state index is 11.5. The van der Waals surface area contributed by atoms with Crippen molar-refractivity contribution >= 4 is 34.5 Å². The summed E-state index contributed by atoms with van der Waals surface area (Å²) < 4.78 is 4.90. The van der Waals surface area contributed by atoms with E-state index in [1.807, 2.05) is 6.92 Å². The van der Waals surface area contributed by atoms with Gasteiger partial charge in [-0.15, -0.1) is 0 Å². The lowest BCUT2D eigenvalue weighted by Crippen LogP contribution is -2.25. The molecule has 0 aromatic rings. The molecule has 1 N–H and O–H groups in total. The van der Waals surface area contributed by atoms with E-state index < -0.39 is 6.10 Å². The molecule has 3 atom stereocenters. The summed E-state index contributed by atoms with van der Waals surface area (Å²) in [5, 5.41) is 12.4. The highest BCUT2D eigenvalue weighted by atomic mass is 79.9. The highest BCUT2D eigenvalue weighted by Gasteiger charge is 2.21. The Morgan fingerprint density at radius 2 is 2.19 bits per heavy atom. The summed E-state index contributed by atoms with van der Waals surface area (Å²) in [6.07, 6.45) is 0.160. The van der Waals surface area contributed by atoms with E-state index >= 15 is 0 Å². The van der Waals surface area contributed by atoms with Crippen molar-refractivity contribution in [3.63, 3.8) is 0 Å². The number of hydrogen-bond acceptors (Lipinski definition) is 4. The molecule has 0 aliphatic rings. The van der Waals surface area contributed by atoms with Crippen LogP contribution in [-0.2, 0) is 9.53 Å². The van der Waals surface area contributed by atoms with Crippen LogP contribution >= 0.6 is 28.6 Å². The number of aliphatic hydroxyl groups excluding tert-OH is 1. The molecule has 0 spiro atoms. The maximum Gasteiger partial charge on any atom is 0.309 e. The van der Waals surface area contributed by atoms with Crippen molar-refractivity contribution in [3.05, 3.63) is 0 Å². The third-order valence-corrected chi connectivity index (χ3v) is 3.13. The minimum absolute atomic E-state index is 0.0536. The number of esters is 1. The Morgan fingerprint density at radius 3 is 2.69 bits per heavy atom.